The molecule has 0 saturated heterocycles. The van der Waals surface area contributed by atoms with Gasteiger partial charge in [-0.15, -0.1) is 0 Å². The molecule has 0 spiro atoms. The van der Waals surface area contributed by atoms with E-state index in [0.29, 0.717) is 0 Å². The van der Waals surface area contributed by atoms with Gasteiger partial charge in [-0.05, 0) is 29.9 Å². The van der Waals surface area contributed by atoms with Crippen LogP contribution in [0.25, 0.3) is 0 Å². The Morgan fingerprint density at radius 1 is 1.40 bits per heavy atom. The fourth-order valence-corrected chi connectivity index (χ4v) is 0.916. The Hall–Kier alpha value is -0.870. The lowest BCUT2D eigenvalue weighted by Crippen LogP contribution is -1.74. The van der Waals surface area contributed by atoms with E-state index >= 15 is 0 Å². The molecule has 0 aromatic heterocycles. The van der Waals surface area contributed by atoms with Gasteiger partial charge in [0.25, 0.3) is 0 Å². The van der Waals surface area contributed by atoms with Crippen molar-refractivity contribution >= 4 is 12.6 Å². The molecular weight excluding hydrogens is 140 g/mol. The molecule has 0 heterocycles. The predicted molar refractivity (Wildman–Crippen MR) is 47.0 cm³/mol. The van der Waals surface area contributed by atoms with Gasteiger partial charge in [0.1, 0.15) is 0 Å². The summed E-state index contributed by atoms with van der Waals surface area (Å²) in [6, 6.07) is 8.03. The summed E-state index contributed by atoms with van der Waals surface area (Å²) in [4.78, 5) is 0. The molecule has 1 rings (SSSR count). The third-order valence-corrected chi connectivity index (χ3v) is 1.33. The minimum atomic E-state index is 1.02. The monoisotopic (exact) mass is 148 g/mol. The Labute approximate surface area is 66.7 Å². The van der Waals surface area contributed by atoms with Crippen molar-refractivity contribution in [1.29, 1.82) is 0 Å². The second-order valence-corrected chi connectivity index (χ2v) is 2.33. The van der Waals surface area contributed by atoms with Crippen LogP contribution in [0.2, 0.25) is 0 Å². The Morgan fingerprint density at radius 2 is 2.20 bits per heavy atom. The standard InChI is InChI=1S/C9H8S/c1-8-3-2-4-9(7-8)5-6-10/h2-4,7,10H,1H3. The number of aryl methyl sites for hydroxylation is 1. The number of hydrogen-bond donors (Lipinski definition) is 1. The number of hydrogen-bond acceptors (Lipinski definition) is 1. The first-order chi connectivity index (χ1) is 4.83. The van der Waals surface area contributed by atoms with E-state index in [9.17, 15) is 0 Å². The fourth-order valence-electron chi connectivity index (χ4n) is 0.787. The smallest absolute Gasteiger partial charge is 0.0256 e. The Bertz CT molecular complexity index is 278. The molecule has 1 heteroatoms. The molecule has 1 aromatic rings. The molecule has 0 atom stereocenters. The largest absolute Gasteiger partial charge is 0.0918 e. The van der Waals surface area contributed by atoms with Gasteiger partial charge >= 0.3 is 0 Å². The second kappa shape index (κ2) is 3.34. The summed E-state index contributed by atoms with van der Waals surface area (Å²) in [6.07, 6.45) is 0. The van der Waals surface area contributed by atoms with Gasteiger partial charge in [0.05, 0.1) is 0 Å². The van der Waals surface area contributed by atoms with Gasteiger partial charge in [-0.25, -0.2) is 0 Å². The van der Waals surface area contributed by atoms with Crippen LogP contribution in [-0.2, 0) is 0 Å². The quantitative estimate of drug-likeness (QED) is 0.423. The Morgan fingerprint density at radius 3 is 2.80 bits per heavy atom. The summed E-state index contributed by atoms with van der Waals surface area (Å²) in [5.41, 5.74) is 2.25. The van der Waals surface area contributed by atoms with E-state index in [4.69, 9.17) is 0 Å². The van der Waals surface area contributed by atoms with Crippen molar-refractivity contribution in [2.24, 2.45) is 0 Å². The highest BCUT2D eigenvalue weighted by molar-refractivity contribution is 7.85. The molecule has 0 fully saturated rings. The lowest BCUT2D eigenvalue weighted by Gasteiger charge is -1.90. The summed E-state index contributed by atoms with van der Waals surface area (Å²) in [5.74, 6) is 2.86. The van der Waals surface area contributed by atoms with Gasteiger partial charge < -0.3 is 0 Å². The van der Waals surface area contributed by atoms with Crippen LogP contribution in [0.5, 0.6) is 0 Å². The highest BCUT2D eigenvalue weighted by atomic mass is 32.1. The maximum atomic E-state index is 3.81. The zero-order valence-corrected chi connectivity index (χ0v) is 6.65. The van der Waals surface area contributed by atoms with Crippen LogP contribution in [0.15, 0.2) is 24.3 Å². The fraction of sp³-hybridized carbons (Fsp3) is 0.111. The average Bonchev–Trinajstić information content (AvgIpc) is 1.88. The van der Waals surface area contributed by atoms with Crippen LogP contribution < -0.4 is 0 Å². The maximum absolute atomic E-state index is 3.81. The van der Waals surface area contributed by atoms with E-state index in [-0.39, 0.29) is 0 Å². The van der Waals surface area contributed by atoms with Crippen LogP contribution in [-0.4, -0.2) is 0 Å². The molecule has 0 radical (unpaired) electrons. The van der Waals surface area contributed by atoms with Crippen molar-refractivity contribution in [3.63, 3.8) is 0 Å². The molecule has 0 N–H and O–H groups in total. The number of thiol groups is 1. The molecular formula is C9H8S. The van der Waals surface area contributed by atoms with Gasteiger partial charge in [0, 0.05) is 5.56 Å². The SMILES string of the molecule is Cc1cccc(C#CS)c1. The molecule has 0 aliphatic heterocycles. The van der Waals surface area contributed by atoms with Crippen molar-refractivity contribution < 1.29 is 0 Å². The van der Waals surface area contributed by atoms with E-state index in [1.807, 2.05) is 31.2 Å². The van der Waals surface area contributed by atoms with Crippen LogP contribution in [0.4, 0.5) is 0 Å². The van der Waals surface area contributed by atoms with Gasteiger partial charge in [-0.3, -0.25) is 0 Å². The zero-order chi connectivity index (χ0) is 7.40. The van der Waals surface area contributed by atoms with E-state index in [1.165, 1.54) is 5.56 Å². The third kappa shape index (κ3) is 1.82. The van der Waals surface area contributed by atoms with Crippen molar-refractivity contribution in [1.82, 2.24) is 0 Å². The van der Waals surface area contributed by atoms with Gasteiger partial charge in [0.15, 0.2) is 0 Å². The van der Waals surface area contributed by atoms with Gasteiger partial charge in [0.2, 0.25) is 0 Å². The van der Waals surface area contributed by atoms with Crippen molar-refractivity contribution in [2.45, 2.75) is 6.92 Å². The van der Waals surface area contributed by atoms with E-state index in [2.05, 4.69) is 23.8 Å². The molecule has 0 nitrogen and oxygen atoms in total. The topological polar surface area (TPSA) is 0 Å². The molecule has 10 heavy (non-hydrogen) atoms. The van der Waals surface area contributed by atoms with E-state index in [1.54, 1.807) is 0 Å². The predicted octanol–water partition coefficient (Wildman–Crippen LogP) is 2.23. The summed E-state index contributed by atoms with van der Waals surface area (Å²) in [6.45, 7) is 2.05. The first-order valence-corrected chi connectivity index (χ1v) is 3.49. The molecule has 0 bridgehead atoms. The summed E-state index contributed by atoms with van der Waals surface area (Å²) >= 11 is 3.81. The van der Waals surface area contributed by atoms with Gasteiger partial charge in [-0.2, -0.15) is 0 Å². The summed E-state index contributed by atoms with van der Waals surface area (Å²) < 4.78 is 0. The third-order valence-electron chi connectivity index (χ3n) is 1.22. The van der Waals surface area contributed by atoms with Crippen LogP contribution in [0, 0.1) is 18.1 Å². The zero-order valence-electron chi connectivity index (χ0n) is 5.76. The molecule has 0 unspecified atom stereocenters. The number of benzene rings is 1. The van der Waals surface area contributed by atoms with Crippen molar-refractivity contribution in [2.75, 3.05) is 0 Å². The van der Waals surface area contributed by atoms with Gasteiger partial charge in [-0.1, -0.05) is 30.7 Å². The first-order valence-electron chi connectivity index (χ1n) is 3.04. The van der Waals surface area contributed by atoms with E-state index in [0.717, 1.165) is 5.56 Å². The van der Waals surface area contributed by atoms with Crippen LogP contribution in [0.3, 0.4) is 0 Å². The lowest BCUT2D eigenvalue weighted by atomic mass is 10.1. The number of rotatable bonds is 0. The lowest BCUT2D eigenvalue weighted by molar-refractivity contribution is 1.46. The molecule has 50 valence electrons. The first kappa shape index (κ1) is 7.24. The normalized spacial score (nSPS) is 8.20. The summed E-state index contributed by atoms with van der Waals surface area (Å²) in [5, 5.41) is 2.56. The highest BCUT2D eigenvalue weighted by Crippen LogP contribution is 2.01. The molecule has 1 aromatic carbocycles. The minimum Gasteiger partial charge on any atom is -0.0918 e. The minimum absolute atomic E-state index is 1.02. The maximum Gasteiger partial charge on any atom is 0.0256 e. The Kier molecular flexibility index (Phi) is 2.42. The van der Waals surface area contributed by atoms with E-state index < -0.39 is 0 Å². The highest BCUT2D eigenvalue weighted by Gasteiger charge is 1.84. The van der Waals surface area contributed by atoms with Crippen LogP contribution in [0.1, 0.15) is 11.1 Å². The van der Waals surface area contributed by atoms with Crippen molar-refractivity contribution in [3.05, 3.63) is 35.4 Å². The molecule has 0 aliphatic carbocycles. The summed E-state index contributed by atoms with van der Waals surface area (Å²) in [7, 11) is 0. The Balaban J connectivity index is 3.03. The molecule has 0 saturated carbocycles. The molecule has 0 amide bonds. The second-order valence-electron chi connectivity index (χ2n) is 2.11. The average molecular weight is 148 g/mol. The van der Waals surface area contributed by atoms with Crippen molar-refractivity contribution in [3.8, 4) is 11.2 Å². The molecule has 0 aliphatic rings. The van der Waals surface area contributed by atoms with Crippen LogP contribution >= 0.6 is 12.6 Å².